The van der Waals surface area contributed by atoms with Crippen molar-refractivity contribution >= 4 is 23.3 Å². The highest BCUT2D eigenvalue weighted by Crippen LogP contribution is 2.25. The summed E-state index contributed by atoms with van der Waals surface area (Å²) < 4.78 is 1.25. The first-order valence-corrected chi connectivity index (χ1v) is 5.59. The lowest BCUT2D eigenvalue weighted by atomic mass is 10.3. The summed E-state index contributed by atoms with van der Waals surface area (Å²) >= 11 is 5.76. The summed E-state index contributed by atoms with van der Waals surface area (Å²) in [6, 6.07) is 6.36. The SMILES string of the molecule is Cc1nc(C(N)=O)c([N+](=O)[O-])n1-c1ccc(Cl)cc1. The molecule has 0 aliphatic rings. The van der Waals surface area contributed by atoms with Gasteiger partial charge in [-0.1, -0.05) is 11.6 Å². The van der Waals surface area contributed by atoms with Crippen LogP contribution in [0.4, 0.5) is 5.82 Å². The minimum atomic E-state index is -0.942. The van der Waals surface area contributed by atoms with E-state index in [4.69, 9.17) is 17.3 Å². The molecular formula is C11H9ClN4O3. The first kappa shape index (κ1) is 13.0. The molecule has 0 aliphatic carbocycles. The van der Waals surface area contributed by atoms with Crippen LogP contribution in [0.2, 0.25) is 5.02 Å². The largest absolute Gasteiger partial charge is 0.364 e. The van der Waals surface area contributed by atoms with Crippen LogP contribution >= 0.6 is 11.6 Å². The number of rotatable bonds is 3. The Morgan fingerprint density at radius 3 is 2.47 bits per heavy atom. The van der Waals surface area contributed by atoms with Gasteiger partial charge >= 0.3 is 5.82 Å². The quantitative estimate of drug-likeness (QED) is 0.684. The van der Waals surface area contributed by atoms with Gasteiger partial charge in [0.2, 0.25) is 5.69 Å². The molecule has 0 saturated carbocycles. The number of halogens is 1. The average Bonchev–Trinajstić information content (AvgIpc) is 2.68. The Morgan fingerprint density at radius 2 is 2.00 bits per heavy atom. The van der Waals surface area contributed by atoms with Crippen LogP contribution < -0.4 is 5.73 Å². The van der Waals surface area contributed by atoms with E-state index in [0.29, 0.717) is 16.5 Å². The van der Waals surface area contributed by atoms with Crippen molar-refractivity contribution in [2.75, 3.05) is 0 Å². The summed E-state index contributed by atoms with van der Waals surface area (Å²) in [5.41, 5.74) is 5.21. The van der Waals surface area contributed by atoms with E-state index in [1.54, 1.807) is 31.2 Å². The number of nitrogens with two attached hydrogens (primary N) is 1. The predicted molar refractivity (Wildman–Crippen MR) is 68.5 cm³/mol. The molecule has 8 heteroatoms. The maximum absolute atomic E-state index is 11.2. The number of primary amides is 1. The molecule has 0 unspecified atom stereocenters. The number of carbonyl (C=O) groups excluding carboxylic acids is 1. The van der Waals surface area contributed by atoms with Gasteiger partial charge < -0.3 is 15.8 Å². The molecule has 0 atom stereocenters. The highest BCUT2D eigenvalue weighted by atomic mass is 35.5. The summed E-state index contributed by atoms with van der Waals surface area (Å²) in [6.45, 7) is 1.55. The number of aryl methyl sites for hydroxylation is 1. The first-order chi connectivity index (χ1) is 8.91. The van der Waals surface area contributed by atoms with E-state index in [1.807, 2.05) is 0 Å². The zero-order chi connectivity index (χ0) is 14.2. The lowest BCUT2D eigenvalue weighted by Gasteiger charge is -2.02. The van der Waals surface area contributed by atoms with Gasteiger partial charge in [-0.3, -0.25) is 4.79 Å². The predicted octanol–water partition coefficient (Wildman–Crippen LogP) is 1.84. The van der Waals surface area contributed by atoms with Crippen molar-refractivity contribution in [3.05, 3.63) is 50.9 Å². The maximum Gasteiger partial charge on any atom is 0.361 e. The van der Waals surface area contributed by atoms with Crippen molar-refractivity contribution in [3.63, 3.8) is 0 Å². The Morgan fingerprint density at radius 1 is 1.42 bits per heavy atom. The molecule has 0 spiro atoms. The molecule has 0 aliphatic heterocycles. The average molecular weight is 281 g/mol. The van der Waals surface area contributed by atoms with Gasteiger partial charge in [-0.15, -0.1) is 0 Å². The summed E-state index contributed by atoms with van der Waals surface area (Å²) in [4.78, 5) is 25.5. The zero-order valence-electron chi connectivity index (χ0n) is 9.83. The summed E-state index contributed by atoms with van der Waals surface area (Å²) in [5.74, 6) is -1.10. The summed E-state index contributed by atoms with van der Waals surface area (Å²) in [7, 11) is 0. The van der Waals surface area contributed by atoms with Gasteiger partial charge in [0, 0.05) is 11.9 Å². The van der Waals surface area contributed by atoms with E-state index in [2.05, 4.69) is 4.98 Å². The molecule has 2 N–H and O–H groups in total. The molecule has 98 valence electrons. The third-order valence-electron chi connectivity index (χ3n) is 2.51. The Kier molecular flexibility index (Phi) is 3.22. The normalized spacial score (nSPS) is 10.4. The smallest absolute Gasteiger partial charge is 0.361 e. The van der Waals surface area contributed by atoms with Crippen LogP contribution in [0.5, 0.6) is 0 Å². The van der Waals surface area contributed by atoms with Crippen molar-refractivity contribution in [1.29, 1.82) is 0 Å². The molecule has 0 radical (unpaired) electrons. The molecule has 2 aromatic rings. The molecule has 7 nitrogen and oxygen atoms in total. The standard InChI is InChI=1S/C11H9ClN4O3/c1-6-14-9(10(13)17)11(16(18)19)15(6)8-4-2-7(12)3-5-8/h2-5H,1H3,(H2,13,17). The van der Waals surface area contributed by atoms with Crippen LogP contribution in [0.15, 0.2) is 24.3 Å². The number of aromatic nitrogens is 2. The third kappa shape index (κ3) is 2.27. The van der Waals surface area contributed by atoms with E-state index in [9.17, 15) is 14.9 Å². The first-order valence-electron chi connectivity index (χ1n) is 5.21. The van der Waals surface area contributed by atoms with Crippen LogP contribution in [0, 0.1) is 17.0 Å². The van der Waals surface area contributed by atoms with Gasteiger partial charge in [-0.25, -0.2) is 0 Å². The molecule has 19 heavy (non-hydrogen) atoms. The molecule has 0 fully saturated rings. The summed E-state index contributed by atoms with van der Waals surface area (Å²) in [5, 5.41) is 11.6. The van der Waals surface area contributed by atoms with E-state index < -0.39 is 16.6 Å². The van der Waals surface area contributed by atoms with E-state index in [1.165, 1.54) is 4.57 Å². The number of benzene rings is 1. The lowest BCUT2D eigenvalue weighted by Crippen LogP contribution is -2.14. The highest BCUT2D eigenvalue weighted by molar-refractivity contribution is 6.30. The topological polar surface area (TPSA) is 104 Å². The van der Waals surface area contributed by atoms with Crippen LogP contribution in [-0.4, -0.2) is 20.4 Å². The van der Waals surface area contributed by atoms with Crippen molar-refractivity contribution in [3.8, 4) is 5.69 Å². The van der Waals surface area contributed by atoms with Gasteiger partial charge in [0.15, 0.2) is 5.82 Å². The van der Waals surface area contributed by atoms with Gasteiger partial charge in [-0.2, -0.15) is 9.55 Å². The highest BCUT2D eigenvalue weighted by Gasteiger charge is 2.29. The molecule has 2 rings (SSSR count). The van der Waals surface area contributed by atoms with Crippen molar-refractivity contribution < 1.29 is 9.72 Å². The monoisotopic (exact) mass is 280 g/mol. The molecule has 1 heterocycles. The molecule has 0 saturated heterocycles. The number of nitro groups is 1. The van der Waals surface area contributed by atoms with Gasteiger partial charge in [0.25, 0.3) is 5.91 Å². The molecule has 0 bridgehead atoms. The Labute approximate surface area is 112 Å². The number of carbonyl (C=O) groups is 1. The number of nitrogens with zero attached hydrogens (tertiary/aromatic N) is 3. The van der Waals surface area contributed by atoms with E-state index >= 15 is 0 Å². The second-order valence-corrected chi connectivity index (χ2v) is 4.20. The number of hydrogen-bond donors (Lipinski definition) is 1. The number of imidazole rings is 1. The Hall–Kier alpha value is -2.41. The van der Waals surface area contributed by atoms with Crippen LogP contribution in [0.3, 0.4) is 0 Å². The molecule has 1 amide bonds. The fraction of sp³-hybridized carbons (Fsp3) is 0.0909. The molecular weight excluding hydrogens is 272 g/mol. The fourth-order valence-electron chi connectivity index (χ4n) is 1.75. The minimum Gasteiger partial charge on any atom is -0.364 e. The van der Waals surface area contributed by atoms with Gasteiger partial charge in [0.1, 0.15) is 5.69 Å². The van der Waals surface area contributed by atoms with E-state index in [-0.39, 0.29) is 5.69 Å². The number of amides is 1. The number of hydrogen-bond acceptors (Lipinski definition) is 4. The molecule has 1 aromatic heterocycles. The lowest BCUT2D eigenvalue weighted by molar-refractivity contribution is -0.391. The zero-order valence-corrected chi connectivity index (χ0v) is 10.6. The second kappa shape index (κ2) is 4.69. The summed E-state index contributed by atoms with van der Waals surface area (Å²) in [6.07, 6.45) is 0. The Bertz CT molecular complexity index is 663. The Balaban J connectivity index is 2.72. The maximum atomic E-state index is 11.2. The van der Waals surface area contributed by atoms with Crippen LogP contribution in [0.1, 0.15) is 16.3 Å². The van der Waals surface area contributed by atoms with Crippen molar-refractivity contribution in [2.45, 2.75) is 6.92 Å². The second-order valence-electron chi connectivity index (χ2n) is 3.76. The van der Waals surface area contributed by atoms with Gasteiger partial charge in [-0.05, 0) is 29.2 Å². The molecule has 1 aromatic carbocycles. The fourth-order valence-corrected chi connectivity index (χ4v) is 1.88. The minimum absolute atomic E-state index is 0.294. The van der Waals surface area contributed by atoms with Crippen LogP contribution in [0.25, 0.3) is 5.69 Å². The van der Waals surface area contributed by atoms with Gasteiger partial charge in [0.05, 0.1) is 0 Å². The van der Waals surface area contributed by atoms with E-state index in [0.717, 1.165) is 0 Å². The van der Waals surface area contributed by atoms with Crippen molar-refractivity contribution in [1.82, 2.24) is 9.55 Å². The van der Waals surface area contributed by atoms with Crippen LogP contribution in [-0.2, 0) is 0 Å². The van der Waals surface area contributed by atoms with Crippen molar-refractivity contribution in [2.24, 2.45) is 5.73 Å². The third-order valence-corrected chi connectivity index (χ3v) is 2.76.